The van der Waals surface area contributed by atoms with Gasteiger partial charge in [0, 0.05) is 26.6 Å². The normalized spacial score (nSPS) is 27.4. The molecule has 1 saturated heterocycles. The lowest BCUT2D eigenvalue weighted by atomic mass is 9.74. The number of likely N-dealkylation sites (tertiary alicyclic amines) is 1. The van der Waals surface area contributed by atoms with Gasteiger partial charge in [0.25, 0.3) is 0 Å². The molecule has 114 valence electrons. The molecule has 1 saturated carbocycles. The summed E-state index contributed by atoms with van der Waals surface area (Å²) in [4.78, 5) is 26.9. The zero-order valence-electron chi connectivity index (χ0n) is 12.9. The van der Waals surface area contributed by atoms with Crippen molar-refractivity contribution in [2.75, 3.05) is 20.1 Å². The second-order valence-corrected chi connectivity index (χ2v) is 7.84. The molecule has 20 heavy (non-hydrogen) atoms. The molecule has 4 nitrogen and oxygen atoms in total. The Bertz CT molecular complexity index is 384. The monoisotopic (exact) mass is 298 g/mol. The number of carbonyl (C=O) groups excluding carboxylic acids is 2. The molecule has 1 heterocycles. The van der Waals surface area contributed by atoms with E-state index in [9.17, 15) is 9.59 Å². The maximum atomic E-state index is 13.0. The molecule has 1 aliphatic carbocycles. The predicted octanol–water partition coefficient (Wildman–Crippen LogP) is 2.63. The lowest BCUT2D eigenvalue weighted by Crippen LogP contribution is -2.49. The number of carbonyl (C=O) groups is 2. The van der Waals surface area contributed by atoms with Crippen molar-refractivity contribution in [3.05, 3.63) is 0 Å². The van der Waals surface area contributed by atoms with E-state index in [0.717, 1.165) is 31.5 Å². The molecular weight excluding hydrogens is 271 g/mol. The van der Waals surface area contributed by atoms with Gasteiger partial charge >= 0.3 is 0 Å². The van der Waals surface area contributed by atoms with Crippen LogP contribution in [0.15, 0.2) is 0 Å². The maximum absolute atomic E-state index is 13.0. The number of amides is 2. The van der Waals surface area contributed by atoms with E-state index in [0.29, 0.717) is 21.7 Å². The van der Waals surface area contributed by atoms with Gasteiger partial charge in [-0.3, -0.25) is 9.59 Å². The number of piperidine rings is 1. The van der Waals surface area contributed by atoms with Crippen molar-refractivity contribution in [3.63, 3.8) is 0 Å². The standard InChI is InChI=1S/C15H27N2O2P/c1-4-8-15(9-10-16(3)13(18)11-15)14(19)17(5-2)20-12-6-7-12/h12,20H,4-11H2,1-3H3. The fourth-order valence-corrected chi connectivity index (χ4v) is 4.42. The van der Waals surface area contributed by atoms with Gasteiger partial charge in [-0.05, 0) is 47.0 Å². The fourth-order valence-electron chi connectivity index (χ4n) is 3.01. The second kappa shape index (κ2) is 6.43. The molecule has 0 radical (unpaired) electrons. The molecule has 2 rings (SSSR count). The highest BCUT2D eigenvalue weighted by molar-refractivity contribution is 7.37. The highest BCUT2D eigenvalue weighted by atomic mass is 31.1. The largest absolute Gasteiger partial charge is 0.346 e. The van der Waals surface area contributed by atoms with Crippen molar-refractivity contribution in [1.82, 2.24) is 9.57 Å². The molecule has 0 N–H and O–H groups in total. The van der Waals surface area contributed by atoms with Crippen LogP contribution in [0.3, 0.4) is 0 Å². The summed E-state index contributed by atoms with van der Waals surface area (Å²) < 4.78 is 2.03. The molecule has 0 aromatic carbocycles. The van der Waals surface area contributed by atoms with Crippen molar-refractivity contribution in [1.29, 1.82) is 0 Å². The minimum Gasteiger partial charge on any atom is -0.346 e. The van der Waals surface area contributed by atoms with E-state index in [4.69, 9.17) is 0 Å². The first-order chi connectivity index (χ1) is 9.52. The summed E-state index contributed by atoms with van der Waals surface area (Å²) in [7, 11) is 2.47. The summed E-state index contributed by atoms with van der Waals surface area (Å²) in [5.74, 6) is 0.373. The van der Waals surface area contributed by atoms with Crippen LogP contribution >= 0.6 is 8.73 Å². The summed E-state index contributed by atoms with van der Waals surface area (Å²) >= 11 is 0. The van der Waals surface area contributed by atoms with Crippen LogP contribution in [0.2, 0.25) is 0 Å². The Labute approximate surface area is 124 Å². The lowest BCUT2D eigenvalue weighted by molar-refractivity contribution is -0.149. The second-order valence-electron chi connectivity index (χ2n) is 6.23. The first kappa shape index (κ1) is 15.8. The van der Waals surface area contributed by atoms with Crippen LogP contribution in [0.25, 0.3) is 0 Å². The molecule has 2 unspecified atom stereocenters. The van der Waals surface area contributed by atoms with E-state index in [1.165, 1.54) is 12.8 Å². The van der Waals surface area contributed by atoms with E-state index in [-0.39, 0.29) is 11.8 Å². The molecule has 2 fully saturated rings. The predicted molar refractivity (Wildman–Crippen MR) is 82.9 cm³/mol. The Balaban J connectivity index is 2.13. The minimum atomic E-state index is -0.420. The zero-order chi connectivity index (χ0) is 14.8. The van der Waals surface area contributed by atoms with Gasteiger partial charge in [-0.2, -0.15) is 0 Å². The topological polar surface area (TPSA) is 40.6 Å². The van der Waals surface area contributed by atoms with Gasteiger partial charge in [-0.1, -0.05) is 13.3 Å². The van der Waals surface area contributed by atoms with Gasteiger partial charge in [-0.25, -0.2) is 0 Å². The molecular formula is C15H27N2O2P. The highest BCUT2D eigenvalue weighted by Crippen LogP contribution is 2.46. The molecule has 2 atom stereocenters. The van der Waals surface area contributed by atoms with Crippen molar-refractivity contribution >= 4 is 20.5 Å². The van der Waals surface area contributed by atoms with Crippen LogP contribution in [0.5, 0.6) is 0 Å². The van der Waals surface area contributed by atoms with Gasteiger partial charge in [0.05, 0.1) is 5.41 Å². The van der Waals surface area contributed by atoms with Crippen LogP contribution in [0.4, 0.5) is 0 Å². The average Bonchev–Trinajstić information content (AvgIpc) is 3.24. The van der Waals surface area contributed by atoms with Gasteiger partial charge in [0.1, 0.15) is 0 Å². The lowest BCUT2D eigenvalue weighted by Gasteiger charge is -2.41. The van der Waals surface area contributed by atoms with E-state index in [1.807, 2.05) is 11.7 Å². The minimum absolute atomic E-state index is 0.129. The van der Waals surface area contributed by atoms with Crippen LogP contribution in [0.1, 0.15) is 52.4 Å². The third-order valence-corrected chi connectivity index (χ3v) is 6.27. The fraction of sp³-hybridized carbons (Fsp3) is 0.867. The molecule has 2 aliphatic rings. The van der Waals surface area contributed by atoms with E-state index in [1.54, 1.807) is 4.90 Å². The van der Waals surface area contributed by atoms with Crippen LogP contribution < -0.4 is 0 Å². The SMILES string of the molecule is CCCC1(C(=O)N(CC)PC2CC2)CCN(C)C(=O)C1. The molecule has 0 aromatic rings. The summed E-state index contributed by atoms with van der Waals surface area (Å²) in [6.07, 6.45) is 5.58. The third kappa shape index (κ3) is 3.33. The maximum Gasteiger partial charge on any atom is 0.232 e. The number of rotatable bonds is 6. The molecule has 0 bridgehead atoms. The zero-order valence-corrected chi connectivity index (χ0v) is 13.9. The van der Waals surface area contributed by atoms with Crippen molar-refractivity contribution < 1.29 is 9.59 Å². The van der Waals surface area contributed by atoms with Crippen LogP contribution in [-0.4, -0.2) is 47.2 Å². The smallest absolute Gasteiger partial charge is 0.232 e. The first-order valence-corrected chi connectivity index (χ1v) is 8.87. The van der Waals surface area contributed by atoms with Gasteiger partial charge < -0.3 is 9.57 Å². The summed E-state index contributed by atoms with van der Waals surface area (Å²) in [5, 5.41) is 0. The Hall–Kier alpha value is -0.630. The summed E-state index contributed by atoms with van der Waals surface area (Å²) in [6, 6.07) is 0. The van der Waals surface area contributed by atoms with Crippen molar-refractivity contribution in [2.24, 2.45) is 5.41 Å². The summed E-state index contributed by atoms with van der Waals surface area (Å²) in [6.45, 7) is 5.67. The highest BCUT2D eigenvalue weighted by Gasteiger charge is 2.45. The molecule has 1 aliphatic heterocycles. The van der Waals surface area contributed by atoms with Crippen LogP contribution in [0, 0.1) is 5.41 Å². The molecule has 0 spiro atoms. The van der Waals surface area contributed by atoms with Gasteiger partial charge in [0.15, 0.2) is 0 Å². The molecule has 5 heteroatoms. The Morgan fingerprint density at radius 3 is 2.65 bits per heavy atom. The van der Waals surface area contributed by atoms with E-state index >= 15 is 0 Å². The van der Waals surface area contributed by atoms with E-state index in [2.05, 4.69) is 13.8 Å². The van der Waals surface area contributed by atoms with Gasteiger partial charge in [0.2, 0.25) is 11.8 Å². The van der Waals surface area contributed by atoms with Gasteiger partial charge in [-0.15, -0.1) is 0 Å². The van der Waals surface area contributed by atoms with E-state index < -0.39 is 5.41 Å². The molecule has 0 aromatic heterocycles. The molecule has 2 amide bonds. The van der Waals surface area contributed by atoms with Crippen molar-refractivity contribution in [3.8, 4) is 0 Å². The third-order valence-electron chi connectivity index (χ3n) is 4.50. The Morgan fingerprint density at radius 1 is 1.45 bits per heavy atom. The number of hydrogen-bond donors (Lipinski definition) is 0. The average molecular weight is 298 g/mol. The number of nitrogens with zero attached hydrogens (tertiary/aromatic N) is 2. The van der Waals surface area contributed by atoms with Crippen LogP contribution in [-0.2, 0) is 9.59 Å². The Kier molecular flexibility index (Phi) is 5.06. The quantitative estimate of drug-likeness (QED) is 0.707. The summed E-state index contributed by atoms with van der Waals surface area (Å²) in [5.41, 5.74) is 0.315. The first-order valence-electron chi connectivity index (χ1n) is 7.84. The Morgan fingerprint density at radius 2 is 2.15 bits per heavy atom. The van der Waals surface area contributed by atoms with Crippen molar-refractivity contribution in [2.45, 2.75) is 58.0 Å². The number of hydrogen-bond acceptors (Lipinski definition) is 2.